The van der Waals surface area contributed by atoms with E-state index >= 15 is 0 Å². The zero-order valence-electron chi connectivity index (χ0n) is 18.0. The van der Waals surface area contributed by atoms with Crippen molar-refractivity contribution in [1.29, 1.82) is 0 Å². The molecule has 3 aromatic rings. The highest BCUT2D eigenvalue weighted by Gasteiger charge is 2.48. The molecule has 1 fully saturated rings. The standard InChI is InChI=1S/C27H29NO2/c1-19-12-15-23(18-20(19)2)28-26(22-13-16-24(30-3)17-14-22)25(27(28)29)11-7-10-21-8-5-4-6-9-21/h4-6,8-9,12-18,25-26H,7,10-11H2,1-3H3/t25-,26-/m1/s1. The van der Waals surface area contributed by atoms with Crippen LogP contribution in [0.5, 0.6) is 5.75 Å². The number of carbonyl (C=O) groups excluding carboxylic acids is 1. The van der Waals surface area contributed by atoms with Gasteiger partial charge >= 0.3 is 0 Å². The van der Waals surface area contributed by atoms with E-state index in [1.807, 2.05) is 23.1 Å². The van der Waals surface area contributed by atoms with Gasteiger partial charge in [-0.3, -0.25) is 4.79 Å². The van der Waals surface area contributed by atoms with Gasteiger partial charge in [0.1, 0.15) is 5.75 Å². The normalized spacial score (nSPS) is 18.2. The fourth-order valence-corrected chi connectivity index (χ4v) is 4.35. The number of rotatable bonds is 7. The van der Waals surface area contributed by atoms with E-state index < -0.39 is 0 Å². The van der Waals surface area contributed by atoms with Crippen LogP contribution in [0.2, 0.25) is 0 Å². The Hall–Kier alpha value is -3.07. The molecule has 0 aliphatic carbocycles. The van der Waals surface area contributed by atoms with Crippen LogP contribution < -0.4 is 9.64 Å². The monoisotopic (exact) mass is 399 g/mol. The van der Waals surface area contributed by atoms with Crippen molar-refractivity contribution in [2.45, 2.75) is 39.2 Å². The van der Waals surface area contributed by atoms with E-state index in [4.69, 9.17) is 4.74 Å². The number of β-lactam (4-membered cyclic amide) rings is 1. The molecule has 3 nitrogen and oxygen atoms in total. The van der Waals surface area contributed by atoms with Crippen molar-refractivity contribution in [1.82, 2.24) is 0 Å². The van der Waals surface area contributed by atoms with E-state index in [9.17, 15) is 4.79 Å². The summed E-state index contributed by atoms with van der Waals surface area (Å²) in [6.45, 7) is 4.20. The first-order valence-corrected chi connectivity index (χ1v) is 10.7. The fourth-order valence-electron chi connectivity index (χ4n) is 4.35. The summed E-state index contributed by atoms with van der Waals surface area (Å²) in [5.41, 5.74) is 5.94. The molecule has 0 unspecified atom stereocenters. The third-order valence-electron chi connectivity index (χ3n) is 6.26. The minimum absolute atomic E-state index is 0.0173. The van der Waals surface area contributed by atoms with E-state index in [0.29, 0.717) is 0 Å². The van der Waals surface area contributed by atoms with Crippen LogP contribution in [-0.4, -0.2) is 13.0 Å². The molecular formula is C27H29NO2. The van der Waals surface area contributed by atoms with Crippen LogP contribution in [0.1, 0.15) is 41.1 Å². The maximum Gasteiger partial charge on any atom is 0.233 e. The molecule has 1 aliphatic heterocycles. The zero-order chi connectivity index (χ0) is 21.1. The minimum Gasteiger partial charge on any atom is -0.497 e. The van der Waals surface area contributed by atoms with Crippen LogP contribution in [0, 0.1) is 19.8 Å². The zero-order valence-corrected chi connectivity index (χ0v) is 18.0. The van der Waals surface area contributed by atoms with Gasteiger partial charge in [-0.1, -0.05) is 48.5 Å². The second-order valence-corrected chi connectivity index (χ2v) is 8.18. The molecule has 3 aromatic carbocycles. The molecular weight excluding hydrogens is 370 g/mol. The Morgan fingerprint density at radius 1 is 0.900 bits per heavy atom. The number of ether oxygens (including phenoxy) is 1. The molecule has 0 bridgehead atoms. The first-order chi connectivity index (χ1) is 14.6. The highest BCUT2D eigenvalue weighted by Crippen LogP contribution is 2.46. The number of methoxy groups -OCH3 is 1. The Morgan fingerprint density at radius 2 is 1.63 bits per heavy atom. The van der Waals surface area contributed by atoms with Gasteiger partial charge in [-0.05, 0) is 79.6 Å². The summed E-state index contributed by atoms with van der Waals surface area (Å²) in [5, 5.41) is 0. The number of anilines is 1. The van der Waals surface area contributed by atoms with E-state index in [1.54, 1.807) is 7.11 Å². The lowest BCUT2D eigenvalue weighted by atomic mass is 9.78. The first kappa shape index (κ1) is 20.2. The minimum atomic E-state index is 0.0173. The second-order valence-electron chi connectivity index (χ2n) is 8.18. The first-order valence-electron chi connectivity index (χ1n) is 10.7. The van der Waals surface area contributed by atoms with Crippen LogP contribution >= 0.6 is 0 Å². The quantitative estimate of drug-likeness (QED) is 0.453. The SMILES string of the molecule is COc1ccc([C@@H]2[C@@H](CCCc3ccccc3)C(=O)N2c2ccc(C)c(C)c2)cc1. The van der Waals surface area contributed by atoms with Crippen LogP contribution in [0.15, 0.2) is 72.8 Å². The van der Waals surface area contributed by atoms with E-state index in [-0.39, 0.29) is 17.9 Å². The topological polar surface area (TPSA) is 29.5 Å². The molecule has 0 spiro atoms. The molecule has 2 atom stereocenters. The van der Waals surface area contributed by atoms with Crippen molar-refractivity contribution in [3.63, 3.8) is 0 Å². The molecule has 4 rings (SSSR count). The predicted molar refractivity (Wildman–Crippen MR) is 122 cm³/mol. The molecule has 154 valence electrons. The van der Waals surface area contributed by atoms with Gasteiger partial charge in [0.05, 0.1) is 19.1 Å². The third-order valence-corrected chi connectivity index (χ3v) is 6.26. The second kappa shape index (κ2) is 8.74. The summed E-state index contributed by atoms with van der Waals surface area (Å²) in [6.07, 6.45) is 2.91. The van der Waals surface area contributed by atoms with Gasteiger partial charge in [0, 0.05) is 5.69 Å². The molecule has 3 heteroatoms. The van der Waals surface area contributed by atoms with Crippen molar-refractivity contribution in [2.24, 2.45) is 5.92 Å². The van der Waals surface area contributed by atoms with Gasteiger partial charge in [0.15, 0.2) is 0 Å². The number of hydrogen-bond acceptors (Lipinski definition) is 2. The summed E-state index contributed by atoms with van der Waals surface area (Å²) < 4.78 is 5.32. The molecule has 0 radical (unpaired) electrons. The van der Waals surface area contributed by atoms with Gasteiger partial charge in [0.2, 0.25) is 5.91 Å². The third kappa shape index (κ3) is 3.97. The molecule has 0 N–H and O–H groups in total. The Morgan fingerprint density at radius 3 is 2.30 bits per heavy atom. The Labute approximate surface area is 179 Å². The lowest BCUT2D eigenvalue weighted by Crippen LogP contribution is -2.55. The molecule has 0 aromatic heterocycles. The maximum absolute atomic E-state index is 13.2. The van der Waals surface area contributed by atoms with Crippen LogP contribution in [0.4, 0.5) is 5.69 Å². The summed E-state index contributed by atoms with van der Waals surface area (Å²) in [5.74, 6) is 1.08. The predicted octanol–water partition coefficient (Wildman–Crippen LogP) is 6.04. The molecule has 30 heavy (non-hydrogen) atoms. The van der Waals surface area contributed by atoms with Crippen LogP contribution in [0.25, 0.3) is 0 Å². The van der Waals surface area contributed by atoms with E-state index in [0.717, 1.165) is 30.7 Å². The number of hydrogen-bond donors (Lipinski definition) is 0. The number of carbonyl (C=O) groups is 1. The highest BCUT2D eigenvalue weighted by atomic mass is 16.5. The van der Waals surface area contributed by atoms with Crippen molar-refractivity contribution in [2.75, 3.05) is 12.0 Å². The maximum atomic E-state index is 13.2. The van der Waals surface area contributed by atoms with Crippen molar-refractivity contribution in [3.05, 3.63) is 95.1 Å². The summed E-state index contributed by atoms with van der Waals surface area (Å²) in [7, 11) is 1.68. The van der Waals surface area contributed by atoms with Gasteiger partial charge in [-0.15, -0.1) is 0 Å². The average molecular weight is 400 g/mol. The lowest BCUT2D eigenvalue weighted by Gasteiger charge is -2.48. The van der Waals surface area contributed by atoms with Gasteiger partial charge in [-0.2, -0.15) is 0 Å². The van der Waals surface area contributed by atoms with Crippen molar-refractivity contribution in [3.8, 4) is 5.75 Å². The molecule has 1 saturated heterocycles. The van der Waals surface area contributed by atoms with Crippen LogP contribution in [0.3, 0.4) is 0 Å². The Kier molecular flexibility index (Phi) is 5.89. The summed E-state index contributed by atoms with van der Waals surface area (Å²) in [4.78, 5) is 15.2. The lowest BCUT2D eigenvalue weighted by molar-refractivity contribution is -0.130. The molecule has 1 amide bonds. The highest BCUT2D eigenvalue weighted by molar-refractivity contribution is 6.03. The number of nitrogens with zero attached hydrogens (tertiary/aromatic N) is 1. The van der Waals surface area contributed by atoms with Gasteiger partial charge in [-0.25, -0.2) is 0 Å². The smallest absolute Gasteiger partial charge is 0.233 e. The Bertz CT molecular complexity index is 1010. The van der Waals surface area contributed by atoms with Gasteiger partial charge in [0.25, 0.3) is 0 Å². The molecule has 1 aliphatic rings. The van der Waals surface area contributed by atoms with Crippen molar-refractivity contribution >= 4 is 11.6 Å². The Balaban J connectivity index is 1.56. The molecule has 1 heterocycles. The summed E-state index contributed by atoms with van der Waals surface area (Å²) in [6, 6.07) is 25.0. The largest absolute Gasteiger partial charge is 0.497 e. The van der Waals surface area contributed by atoms with E-state index in [1.165, 1.54) is 22.3 Å². The van der Waals surface area contributed by atoms with Crippen LogP contribution in [-0.2, 0) is 11.2 Å². The number of benzene rings is 3. The average Bonchev–Trinajstić information content (AvgIpc) is 2.78. The fraction of sp³-hybridized carbons (Fsp3) is 0.296. The number of amides is 1. The van der Waals surface area contributed by atoms with Gasteiger partial charge < -0.3 is 9.64 Å². The summed E-state index contributed by atoms with van der Waals surface area (Å²) >= 11 is 0. The van der Waals surface area contributed by atoms with Crippen molar-refractivity contribution < 1.29 is 9.53 Å². The van der Waals surface area contributed by atoms with E-state index in [2.05, 4.69) is 68.4 Å². The molecule has 0 saturated carbocycles. The number of aryl methyl sites for hydroxylation is 3.